The Labute approximate surface area is 129 Å². The van der Waals surface area contributed by atoms with E-state index < -0.39 is 10.0 Å². The number of rotatable bonds is 5. The third-order valence-corrected chi connectivity index (χ3v) is 3.91. The van der Waals surface area contributed by atoms with E-state index in [2.05, 4.69) is 10.6 Å². The quantitative estimate of drug-likeness (QED) is 0.781. The molecule has 7 heteroatoms. The Morgan fingerprint density at radius 3 is 2.23 bits per heavy atom. The Morgan fingerprint density at radius 2 is 1.64 bits per heavy atom. The van der Waals surface area contributed by atoms with E-state index in [1.54, 1.807) is 0 Å². The molecule has 4 N–H and O–H groups in total. The average Bonchev–Trinajstić information content (AvgIpc) is 2.48. The zero-order chi connectivity index (χ0) is 16.0. The first-order valence-electron chi connectivity index (χ1n) is 6.67. The van der Waals surface area contributed by atoms with Gasteiger partial charge in [-0.25, -0.2) is 18.4 Å². The van der Waals surface area contributed by atoms with Gasteiger partial charge in [0, 0.05) is 12.2 Å². The summed E-state index contributed by atoms with van der Waals surface area (Å²) >= 11 is 0. The van der Waals surface area contributed by atoms with E-state index in [1.165, 1.54) is 24.3 Å². The molecule has 0 heterocycles. The first-order chi connectivity index (χ1) is 10.4. The second kappa shape index (κ2) is 7.06. The van der Waals surface area contributed by atoms with Crippen molar-refractivity contribution in [1.29, 1.82) is 0 Å². The first-order valence-corrected chi connectivity index (χ1v) is 8.21. The summed E-state index contributed by atoms with van der Waals surface area (Å²) in [5.74, 6) is 0. The molecule has 0 saturated carbocycles. The van der Waals surface area contributed by atoms with Crippen LogP contribution < -0.4 is 15.8 Å². The van der Waals surface area contributed by atoms with E-state index in [9.17, 15) is 13.2 Å². The predicted molar refractivity (Wildman–Crippen MR) is 85.0 cm³/mol. The Bertz CT molecular complexity index is 728. The maximum absolute atomic E-state index is 11.7. The van der Waals surface area contributed by atoms with Crippen LogP contribution in [0.25, 0.3) is 0 Å². The van der Waals surface area contributed by atoms with Crippen LogP contribution in [0.2, 0.25) is 0 Å². The fraction of sp³-hybridized carbons (Fsp3) is 0.133. The van der Waals surface area contributed by atoms with Crippen molar-refractivity contribution in [3.63, 3.8) is 0 Å². The lowest BCUT2D eigenvalue weighted by atomic mass is 10.1. The van der Waals surface area contributed by atoms with Gasteiger partial charge in [0.2, 0.25) is 10.0 Å². The summed E-state index contributed by atoms with van der Waals surface area (Å²) in [6.45, 7) is 0.505. The number of anilines is 1. The maximum atomic E-state index is 11.7. The van der Waals surface area contributed by atoms with Crippen molar-refractivity contribution >= 4 is 21.7 Å². The van der Waals surface area contributed by atoms with Gasteiger partial charge in [0.1, 0.15) is 0 Å². The molecule has 0 aliphatic carbocycles. The molecule has 0 radical (unpaired) electrons. The van der Waals surface area contributed by atoms with Gasteiger partial charge in [-0.2, -0.15) is 0 Å². The molecule has 0 spiro atoms. The minimum atomic E-state index is -3.72. The van der Waals surface area contributed by atoms with Gasteiger partial charge in [0.05, 0.1) is 4.90 Å². The van der Waals surface area contributed by atoms with Crippen molar-refractivity contribution in [2.24, 2.45) is 5.14 Å². The fourth-order valence-corrected chi connectivity index (χ4v) is 2.38. The molecular formula is C15H17N3O3S. The third-order valence-electron chi connectivity index (χ3n) is 2.98. The lowest BCUT2D eigenvalue weighted by Gasteiger charge is -2.08. The van der Waals surface area contributed by atoms with E-state index in [0.29, 0.717) is 12.2 Å². The van der Waals surface area contributed by atoms with Crippen LogP contribution in [-0.4, -0.2) is 21.0 Å². The number of carbonyl (C=O) groups is 1. The molecule has 0 atom stereocenters. The number of carbonyl (C=O) groups excluding carboxylic acids is 1. The SMILES string of the molecule is NS(=O)(=O)c1ccc(NC(=O)NCCc2ccccc2)cc1. The normalized spacial score (nSPS) is 11.0. The number of benzene rings is 2. The molecule has 22 heavy (non-hydrogen) atoms. The average molecular weight is 319 g/mol. The first kappa shape index (κ1) is 16.0. The van der Waals surface area contributed by atoms with Gasteiger partial charge in [0.25, 0.3) is 0 Å². The maximum Gasteiger partial charge on any atom is 0.319 e. The summed E-state index contributed by atoms with van der Waals surface area (Å²) < 4.78 is 22.2. The number of amides is 2. The van der Waals surface area contributed by atoms with Crippen molar-refractivity contribution in [2.75, 3.05) is 11.9 Å². The predicted octanol–water partition coefficient (Wildman–Crippen LogP) is 1.70. The Morgan fingerprint density at radius 1 is 1.00 bits per heavy atom. The highest BCUT2D eigenvalue weighted by atomic mass is 32.2. The monoisotopic (exact) mass is 319 g/mol. The van der Waals surface area contributed by atoms with Crippen LogP contribution in [0.4, 0.5) is 10.5 Å². The zero-order valence-corrected chi connectivity index (χ0v) is 12.6. The smallest absolute Gasteiger partial charge is 0.319 e. The standard InChI is InChI=1S/C15H17N3O3S/c16-22(20,21)14-8-6-13(7-9-14)18-15(19)17-11-10-12-4-2-1-3-5-12/h1-9H,10-11H2,(H2,16,20,21)(H2,17,18,19). The van der Waals surface area contributed by atoms with Gasteiger partial charge >= 0.3 is 6.03 Å². The van der Waals surface area contributed by atoms with E-state index in [-0.39, 0.29) is 10.9 Å². The lowest BCUT2D eigenvalue weighted by molar-refractivity contribution is 0.252. The van der Waals surface area contributed by atoms with Crippen molar-refractivity contribution in [1.82, 2.24) is 5.32 Å². The van der Waals surface area contributed by atoms with E-state index in [0.717, 1.165) is 12.0 Å². The number of nitrogens with two attached hydrogens (primary N) is 1. The summed E-state index contributed by atoms with van der Waals surface area (Å²) in [7, 11) is -3.72. The van der Waals surface area contributed by atoms with Crippen molar-refractivity contribution in [3.05, 3.63) is 60.2 Å². The van der Waals surface area contributed by atoms with Gasteiger partial charge in [-0.05, 0) is 36.2 Å². The molecule has 116 valence electrons. The second-order valence-electron chi connectivity index (χ2n) is 4.69. The Kier molecular flexibility index (Phi) is 5.13. The van der Waals surface area contributed by atoms with E-state index in [1.807, 2.05) is 30.3 Å². The van der Waals surface area contributed by atoms with Crippen molar-refractivity contribution in [3.8, 4) is 0 Å². The van der Waals surface area contributed by atoms with Crippen LogP contribution in [-0.2, 0) is 16.4 Å². The molecule has 6 nitrogen and oxygen atoms in total. The zero-order valence-electron chi connectivity index (χ0n) is 11.8. The Balaban J connectivity index is 1.82. The molecule has 0 unspecified atom stereocenters. The molecule has 0 bridgehead atoms. The number of hydrogen-bond acceptors (Lipinski definition) is 3. The highest BCUT2D eigenvalue weighted by Gasteiger charge is 2.07. The van der Waals surface area contributed by atoms with Gasteiger partial charge in [-0.15, -0.1) is 0 Å². The molecule has 2 amide bonds. The van der Waals surface area contributed by atoms with Crippen molar-refractivity contribution < 1.29 is 13.2 Å². The molecule has 0 saturated heterocycles. The van der Waals surface area contributed by atoms with E-state index in [4.69, 9.17) is 5.14 Å². The van der Waals surface area contributed by atoms with Crippen LogP contribution in [0, 0.1) is 0 Å². The molecular weight excluding hydrogens is 302 g/mol. The summed E-state index contributed by atoms with van der Waals surface area (Å²) in [5.41, 5.74) is 1.63. The van der Waals surface area contributed by atoms with Gasteiger partial charge in [0.15, 0.2) is 0 Å². The minimum Gasteiger partial charge on any atom is -0.338 e. The molecule has 2 rings (SSSR count). The Hall–Kier alpha value is -2.38. The third kappa shape index (κ3) is 4.87. The van der Waals surface area contributed by atoms with Crippen LogP contribution >= 0.6 is 0 Å². The number of sulfonamides is 1. The topological polar surface area (TPSA) is 101 Å². The molecule has 0 aromatic heterocycles. The molecule has 0 fully saturated rings. The lowest BCUT2D eigenvalue weighted by Crippen LogP contribution is -2.30. The van der Waals surface area contributed by atoms with Crippen LogP contribution in [0.15, 0.2) is 59.5 Å². The summed E-state index contributed by atoms with van der Waals surface area (Å²) in [6.07, 6.45) is 0.735. The van der Waals surface area contributed by atoms with Crippen LogP contribution in [0.5, 0.6) is 0 Å². The fourth-order valence-electron chi connectivity index (χ4n) is 1.87. The van der Waals surface area contributed by atoms with Gasteiger partial charge < -0.3 is 10.6 Å². The summed E-state index contributed by atoms with van der Waals surface area (Å²) in [5, 5.41) is 10.4. The van der Waals surface area contributed by atoms with Crippen LogP contribution in [0.3, 0.4) is 0 Å². The highest BCUT2D eigenvalue weighted by Crippen LogP contribution is 2.12. The number of urea groups is 1. The largest absolute Gasteiger partial charge is 0.338 e. The van der Waals surface area contributed by atoms with Gasteiger partial charge in [-0.1, -0.05) is 30.3 Å². The molecule has 2 aromatic rings. The highest BCUT2D eigenvalue weighted by molar-refractivity contribution is 7.89. The van der Waals surface area contributed by atoms with Gasteiger partial charge in [-0.3, -0.25) is 0 Å². The molecule has 0 aliphatic heterocycles. The van der Waals surface area contributed by atoms with E-state index >= 15 is 0 Å². The summed E-state index contributed by atoms with van der Waals surface area (Å²) in [4.78, 5) is 11.7. The minimum absolute atomic E-state index is 0.00235. The number of primary sulfonamides is 1. The summed E-state index contributed by atoms with van der Waals surface area (Å²) in [6, 6.07) is 15.1. The number of nitrogens with one attached hydrogen (secondary N) is 2. The second-order valence-corrected chi connectivity index (χ2v) is 6.25. The molecule has 2 aromatic carbocycles. The number of hydrogen-bond donors (Lipinski definition) is 3. The molecule has 0 aliphatic rings. The van der Waals surface area contributed by atoms with Crippen LogP contribution in [0.1, 0.15) is 5.56 Å². The van der Waals surface area contributed by atoms with Crippen molar-refractivity contribution in [2.45, 2.75) is 11.3 Å².